The number of benzene rings is 1. The molecule has 0 atom stereocenters. The number of fused-ring (bicyclic) bond motifs is 1. The topological polar surface area (TPSA) is 75.1 Å². The van der Waals surface area contributed by atoms with Crippen LogP contribution < -0.4 is 15.5 Å². The Morgan fingerprint density at radius 1 is 1.14 bits per heavy atom. The summed E-state index contributed by atoms with van der Waals surface area (Å²) in [5.74, 6) is 0.508. The van der Waals surface area contributed by atoms with Gasteiger partial charge in [-0.05, 0) is 49.7 Å². The zero-order valence-electron chi connectivity index (χ0n) is 16.6. The highest BCUT2D eigenvalue weighted by molar-refractivity contribution is 5.97. The summed E-state index contributed by atoms with van der Waals surface area (Å²) < 4.78 is 2.08. The second kappa shape index (κ2) is 6.99. The van der Waals surface area contributed by atoms with Gasteiger partial charge in [-0.1, -0.05) is 0 Å². The van der Waals surface area contributed by atoms with Crippen molar-refractivity contribution in [2.45, 2.75) is 20.4 Å². The molecule has 0 aliphatic carbocycles. The minimum Gasteiger partial charge on any atom is -0.378 e. The summed E-state index contributed by atoms with van der Waals surface area (Å²) in [7, 11) is 4.02. The molecular formula is C21H24N6O. The lowest BCUT2D eigenvalue weighted by Crippen LogP contribution is -2.35. The van der Waals surface area contributed by atoms with Crippen LogP contribution in [-0.4, -0.2) is 41.1 Å². The van der Waals surface area contributed by atoms with Crippen LogP contribution in [0.5, 0.6) is 0 Å². The van der Waals surface area contributed by atoms with Crippen LogP contribution >= 0.6 is 0 Å². The lowest BCUT2D eigenvalue weighted by molar-refractivity contribution is 0.0926. The average Bonchev–Trinajstić information content (AvgIpc) is 2.94. The van der Waals surface area contributed by atoms with Gasteiger partial charge in [0, 0.05) is 56.0 Å². The van der Waals surface area contributed by atoms with E-state index in [2.05, 4.69) is 25.1 Å². The van der Waals surface area contributed by atoms with Gasteiger partial charge in [-0.15, -0.1) is 0 Å². The summed E-state index contributed by atoms with van der Waals surface area (Å²) in [5, 5.41) is 6.18. The monoisotopic (exact) mass is 376 g/mol. The minimum absolute atomic E-state index is 0.0218. The SMILES string of the molecule is Cc1c(-c2ccnc(Nc3ccc(N(C)C)cc3)n2)c(C)n2c1C(=O)NCC2. The normalized spacial score (nSPS) is 13.1. The van der Waals surface area contributed by atoms with Crippen LogP contribution in [0.1, 0.15) is 21.7 Å². The second-order valence-electron chi connectivity index (χ2n) is 7.17. The van der Waals surface area contributed by atoms with Gasteiger partial charge in [-0.3, -0.25) is 4.79 Å². The van der Waals surface area contributed by atoms with E-state index in [-0.39, 0.29) is 5.91 Å². The molecule has 1 aliphatic heterocycles. The summed E-state index contributed by atoms with van der Waals surface area (Å²) in [5.41, 5.74) is 6.60. The molecule has 3 aromatic rings. The first-order valence-electron chi connectivity index (χ1n) is 9.31. The lowest BCUT2D eigenvalue weighted by atomic mass is 10.1. The molecule has 7 nitrogen and oxygen atoms in total. The molecule has 0 saturated carbocycles. The van der Waals surface area contributed by atoms with Crippen LogP contribution in [-0.2, 0) is 6.54 Å². The highest BCUT2D eigenvalue weighted by Crippen LogP contribution is 2.32. The quantitative estimate of drug-likeness (QED) is 0.732. The molecule has 0 bridgehead atoms. The Kier molecular flexibility index (Phi) is 4.50. The van der Waals surface area contributed by atoms with E-state index >= 15 is 0 Å². The van der Waals surface area contributed by atoms with Crippen LogP contribution in [0.25, 0.3) is 11.3 Å². The maximum atomic E-state index is 12.3. The van der Waals surface area contributed by atoms with Crippen molar-refractivity contribution < 1.29 is 4.79 Å². The van der Waals surface area contributed by atoms with E-state index in [0.29, 0.717) is 12.5 Å². The number of hydrogen-bond donors (Lipinski definition) is 2. The Hall–Kier alpha value is -3.35. The van der Waals surface area contributed by atoms with Gasteiger partial charge in [0.25, 0.3) is 5.91 Å². The summed E-state index contributed by atoms with van der Waals surface area (Å²) in [6.45, 7) is 5.45. The molecule has 0 spiro atoms. The third-order valence-corrected chi connectivity index (χ3v) is 5.15. The molecule has 28 heavy (non-hydrogen) atoms. The first kappa shape index (κ1) is 18.0. The molecule has 7 heteroatoms. The van der Waals surface area contributed by atoms with E-state index in [1.165, 1.54) is 0 Å². The zero-order valence-corrected chi connectivity index (χ0v) is 16.6. The number of rotatable bonds is 4. The van der Waals surface area contributed by atoms with Gasteiger partial charge >= 0.3 is 0 Å². The van der Waals surface area contributed by atoms with Gasteiger partial charge in [0.15, 0.2) is 0 Å². The second-order valence-corrected chi connectivity index (χ2v) is 7.17. The molecule has 2 aromatic heterocycles. The maximum Gasteiger partial charge on any atom is 0.268 e. The van der Waals surface area contributed by atoms with Crippen LogP contribution in [0.15, 0.2) is 36.5 Å². The molecular weight excluding hydrogens is 352 g/mol. The lowest BCUT2D eigenvalue weighted by Gasteiger charge is -2.17. The molecule has 0 unspecified atom stereocenters. The molecule has 1 aliphatic rings. The molecule has 144 valence electrons. The van der Waals surface area contributed by atoms with Crippen LogP contribution in [0.3, 0.4) is 0 Å². The van der Waals surface area contributed by atoms with Gasteiger partial charge < -0.3 is 20.1 Å². The number of nitrogens with zero attached hydrogens (tertiary/aromatic N) is 4. The fourth-order valence-electron chi connectivity index (χ4n) is 3.74. The fraction of sp³-hybridized carbons (Fsp3) is 0.286. The van der Waals surface area contributed by atoms with E-state index < -0.39 is 0 Å². The van der Waals surface area contributed by atoms with Crippen molar-refractivity contribution in [3.05, 3.63) is 53.5 Å². The van der Waals surface area contributed by atoms with E-state index in [9.17, 15) is 4.79 Å². The summed E-state index contributed by atoms with van der Waals surface area (Å²) in [6, 6.07) is 9.98. The van der Waals surface area contributed by atoms with Crippen LogP contribution in [0, 0.1) is 13.8 Å². The Balaban J connectivity index is 1.67. The molecule has 4 rings (SSSR count). The van der Waals surface area contributed by atoms with E-state index in [1.54, 1.807) is 6.20 Å². The number of carbonyl (C=O) groups is 1. The van der Waals surface area contributed by atoms with Gasteiger partial charge in [0.2, 0.25) is 5.95 Å². The van der Waals surface area contributed by atoms with Crippen molar-refractivity contribution in [3.8, 4) is 11.3 Å². The van der Waals surface area contributed by atoms with Gasteiger partial charge in [0.1, 0.15) is 5.69 Å². The van der Waals surface area contributed by atoms with Gasteiger partial charge in [-0.2, -0.15) is 0 Å². The first-order chi connectivity index (χ1) is 13.5. The van der Waals surface area contributed by atoms with Crippen LogP contribution in [0.2, 0.25) is 0 Å². The largest absolute Gasteiger partial charge is 0.378 e. The zero-order chi connectivity index (χ0) is 19.8. The van der Waals surface area contributed by atoms with Gasteiger partial charge in [0.05, 0.1) is 5.69 Å². The number of anilines is 3. The summed E-state index contributed by atoms with van der Waals surface area (Å²) >= 11 is 0. The molecule has 0 fully saturated rings. The maximum absolute atomic E-state index is 12.3. The first-order valence-corrected chi connectivity index (χ1v) is 9.31. The standard InChI is InChI=1S/C21H24N6O/c1-13-18(14(2)27-12-11-22-20(28)19(13)27)17-9-10-23-21(25-17)24-15-5-7-16(8-6-15)26(3)4/h5-10H,11-12H2,1-4H3,(H,22,28)(H,23,24,25). The Morgan fingerprint density at radius 3 is 2.57 bits per heavy atom. The molecule has 1 amide bonds. The predicted molar refractivity (Wildman–Crippen MR) is 111 cm³/mol. The van der Waals surface area contributed by atoms with Crippen molar-refractivity contribution in [1.29, 1.82) is 0 Å². The van der Waals surface area contributed by atoms with Crippen molar-refractivity contribution in [2.24, 2.45) is 0 Å². The van der Waals surface area contributed by atoms with Crippen molar-refractivity contribution >= 4 is 23.2 Å². The highest BCUT2D eigenvalue weighted by Gasteiger charge is 2.26. The third kappa shape index (κ3) is 3.09. The summed E-state index contributed by atoms with van der Waals surface area (Å²) in [4.78, 5) is 23.4. The number of nitrogens with one attached hydrogen (secondary N) is 2. The van der Waals surface area contributed by atoms with E-state index in [4.69, 9.17) is 4.98 Å². The Labute approximate surface area is 164 Å². The molecule has 3 heterocycles. The summed E-state index contributed by atoms with van der Waals surface area (Å²) in [6.07, 6.45) is 1.74. The number of amides is 1. The van der Waals surface area contributed by atoms with Crippen molar-refractivity contribution in [2.75, 3.05) is 30.9 Å². The number of aromatic nitrogens is 3. The Bertz CT molecular complexity index is 1040. The fourth-order valence-corrected chi connectivity index (χ4v) is 3.74. The molecule has 1 aromatic carbocycles. The smallest absolute Gasteiger partial charge is 0.268 e. The van der Waals surface area contributed by atoms with E-state index in [0.717, 1.165) is 46.1 Å². The average molecular weight is 376 g/mol. The predicted octanol–water partition coefficient (Wildman–Crippen LogP) is 3.11. The number of hydrogen-bond acceptors (Lipinski definition) is 5. The Morgan fingerprint density at radius 2 is 1.89 bits per heavy atom. The minimum atomic E-state index is -0.0218. The van der Waals surface area contributed by atoms with Crippen molar-refractivity contribution in [1.82, 2.24) is 19.9 Å². The molecule has 0 saturated heterocycles. The molecule has 2 N–H and O–H groups in total. The number of carbonyl (C=O) groups excluding carboxylic acids is 1. The molecule has 0 radical (unpaired) electrons. The third-order valence-electron chi connectivity index (χ3n) is 5.15. The van der Waals surface area contributed by atoms with Crippen LogP contribution in [0.4, 0.5) is 17.3 Å². The highest BCUT2D eigenvalue weighted by atomic mass is 16.2. The van der Waals surface area contributed by atoms with Gasteiger partial charge in [-0.25, -0.2) is 9.97 Å². The van der Waals surface area contributed by atoms with E-state index in [1.807, 2.05) is 58.3 Å². The van der Waals surface area contributed by atoms with Crippen molar-refractivity contribution in [3.63, 3.8) is 0 Å².